The van der Waals surface area contributed by atoms with E-state index >= 15 is 0 Å². The van der Waals surface area contributed by atoms with Gasteiger partial charge in [0.25, 0.3) is 0 Å². The van der Waals surface area contributed by atoms with Crippen molar-refractivity contribution in [1.29, 1.82) is 5.26 Å². The molecule has 6 rings (SSSR count). The molecule has 1 heterocycles. The van der Waals surface area contributed by atoms with E-state index in [1.54, 1.807) is 12.1 Å². The second-order valence-corrected chi connectivity index (χ2v) is 16.1. The summed E-state index contributed by atoms with van der Waals surface area (Å²) in [5.41, 5.74) is -3.71. The van der Waals surface area contributed by atoms with Crippen molar-refractivity contribution in [1.82, 2.24) is 10.5 Å². The second kappa shape index (κ2) is 9.00. The maximum Gasteiger partial charge on any atom is 0.226 e. The number of aromatic nitrogens is 1. The van der Waals surface area contributed by atoms with E-state index in [4.69, 9.17) is 4.52 Å². The Morgan fingerprint density at radius 3 is 2.42 bits per heavy atom. The average Bonchev–Trinajstić information content (AvgIpc) is 3.48. The molecule has 0 aromatic carbocycles. The second-order valence-electron chi connectivity index (χ2n) is 16.1. The summed E-state index contributed by atoms with van der Waals surface area (Å²) in [6.07, 6.45) is 9.83. The van der Waals surface area contributed by atoms with E-state index in [2.05, 4.69) is 44.2 Å². The van der Waals surface area contributed by atoms with Crippen LogP contribution in [0.15, 0.2) is 40.2 Å². The normalized spacial score (nSPS) is 44.9. The number of carbonyl (C=O) groups is 3. The van der Waals surface area contributed by atoms with Crippen LogP contribution in [0.1, 0.15) is 99.1 Å². The molecule has 3 fully saturated rings. The number of nitriles is 1. The maximum absolute atomic E-state index is 14.6. The topological polar surface area (TPSA) is 133 Å². The van der Waals surface area contributed by atoms with E-state index in [-0.39, 0.29) is 40.9 Å². The molecule has 0 spiro atoms. The van der Waals surface area contributed by atoms with E-state index in [0.29, 0.717) is 25.0 Å². The molecule has 43 heavy (non-hydrogen) atoms. The molecule has 0 unspecified atom stereocenters. The number of fused-ring (bicyclic) bond motifs is 7. The SMILES string of the molecule is CC1(C)C(=O)C(C#N)=C[C@]2(C)C3=CC(=O)[C@]4(O)[C@@H]5C[C@@](C)(C(=O)NCc6ccon6)CC[C@]5(C)CC[C@@]4(C)[C@]3(C)CC[C@@H]12. The number of nitrogens with zero attached hydrogens (tertiary/aromatic N) is 2. The Morgan fingerprint density at radius 2 is 1.77 bits per heavy atom. The van der Waals surface area contributed by atoms with Crippen molar-refractivity contribution in [3.63, 3.8) is 0 Å². The van der Waals surface area contributed by atoms with Gasteiger partial charge >= 0.3 is 0 Å². The molecule has 8 atom stereocenters. The third kappa shape index (κ3) is 3.64. The Kier molecular flexibility index (Phi) is 6.28. The molecule has 5 aliphatic carbocycles. The van der Waals surface area contributed by atoms with Crippen molar-refractivity contribution < 1.29 is 24.0 Å². The fourth-order valence-corrected chi connectivity index (χ4v) is 10.7. The zero-order valence-electron chi connectivity index (χ0n) is 26.6. The summed E-state index contributed by atoms with van der Waals surface area (Å²) in [4.78, 5) is 41.5. The Labute approximate surface area is 254 Å². The van der Waals surface area contributed by atoms with Gasteiger partial charge in [-0.25, -0.2) is 0 Å². The number of carbonyl (C=O) groups excluding carboxylic acids is 3. The van der Waals surface area contributed by atoms with Crippen LogP contribution in [0.5, 0.6) is 0 Å². The Morgan fingerprint density at radius 1 is 1.07 bits per heavy atom. The zero-order chi connectivity index (χ0) is 31.4. The van der Waals surface area contributed by atoms with Gasteiger partial charge in [-0.1, -0.05) is 59.7 Å². The van der Waals surface area contributed by atoms with Crippen molar-refractivity contribution in [2.45, 2.75) is 106 Å². The highest BCUT2D eigenvalue weighted by Crippen LogP contribution is 2.75. The predicted molar refractivity (Wildman–Crippen MR) is 159 cm³/mol. The minimum atomic E-state index is -1.66. The summed E-state index contributed by atoms with van der Waals surface area (Å²) in [6.45, 7) is 14.6. The van der Waals surface area contributed by atoms with Gasteiger partial charge in [0.15, 0.2) is 11.6 Å². The van der Waals surface area contributed by atoms with Crippen molar-refractivity contribution in [3.8, 4) is 6.07 Å². The summed E-state index contributed by atoms with van der Waals surface area (Å²) >= 11 is 0. The number of hydrogen-bond acceptors (Lipinski definition) is 7. The lowest BCUT2D eigenvalue weighted by Crippen LogP contribution is -2.74. The van der Waals surface area contributed by atoms with Gasteiger partial charge in [0.1, 0.15) is 23.6 Å². The summed E-state index contributed by atoms with van der Waals surface area (Å²) < 4.78 is 4.91. The van der Waals surface area contributed by atoms with Crippen LogP contribution < -0.4 is 5.32 Å². The van der Waals surface area contributed by atoms with Gasteiger partial charge in [-0.3, -0.25) is 14.4 Å². The number of nitrogens with one attached hydrogen (secondary N) is 1. The minimum Gasteiger partial charge on any atom is -0.381 e. The smallest absolute Gasteiger partial charge is 0.226 e. The van der Waals surface area contributed by atoms with Gasteiger partial charge in [-0.2, -0.15) is 5.26 Å². The maximum atomic E-state index is 14.6. The molecule has 230 valence electrons. The van der Waals surface area contributed by atoms with Gasteiger partial charge in [0, 0.05) is 33.6 Å². The first-order valence-electron chi connectivity index (χ1n) is 15.8. The van der Waals surface area contributed by atoms with E-state index in [1.807, 2.05) is 26.8 Å². The number of hydrogen-bond donors (Lipinski definition) is 2. The molecule has 8 nitrogen and oxygen atoms in total. The summed E-state index contributed by atoms with van der Waals surface area (Å²) in [6, 6.07) is 3.86. The van der Waals surface area contributed by atoms with Gasteiger partial charge in [-0.05, 0) is 73.3 Å². The molecule has 0 aliphatic heterocycles. The molecular weight excluding hydrogens is 542 g/mol. The van der Waals surface area contributed by atoms with Crippen molar-refractivity contribution in [2.75, 3.05) is 0 Å². The zero-order valence-corrected chi connectivity index (χ0v) is 26.6. The Hall–Kier alpha value is -3.05. The van der Waals surface area contributed by atoms with Crippen LogP contribution >= 0.6 is 0 Å². The van der Waals surface area contributed by atoms with E-state index in [1.165, 1.54) is 6.26 Å². The van der Waals surface area contributed by atoms with Crippen molar-refractivity contribution >= 4 is 17.5 Å². The summed E-state index contributed by atoms with van der Waals surface area (Å²) in [5, 5.41) is 29.9. The van der Waals surface area contributed by atoms with E-state index < -0.39 is 38.6 Å². The molecule has 2 N–H and O–H groups in total. The molecule has 3 saturated carbocycles. The Balaban J connectivity index is 1.43. The van der Waals surface area contributed by atoms with Crippen molar-refractivity contribution in [3.05, 3.63) is 41.3 Å². The summed E-state index contributed by atoms with van der Waals surface area (Å²) in [5.74, 6) is -1.00. The number of rotatable bonds is 3. The lowest BCUT2D eigenvalue weighted by atomic mass is 9.33. The number of aliphatic hydroxyl groups is 1. The minimum absolute atomic E-state index is 0.0632. The number of Topliss-reactive ketones (excluding diaryl/α,β-unsaturated/α-hetero) is 1. The fraction of sp³-hybridized carbons (Fsp3) is 0.686. The standard InChI is InChI=1S/C35H45N3O5/c1-29(2)23-8-10-33(6)24(32(23,5)17-21(19-36)27(29)40)16-26(39)35(42)25-18-31(4,28(41)37-20-22-9-15-43-38-22)12-11-30(25,3)13-14-34(33,35)7/h9,15-17,23,25,42H,8,10-14,18,20H2,1-7H3,(H,37,41)/t23-,25+,30+,31-,32-,33+,34-,35+/m0/s1. The highest BCUT2D eigenvalue weighted by atomic mass is 16.5. The number of allylic oxidation sites excluding steroid dienone is 3. The van der Waals surface area contributed by atoms with Crippen molar-refractivity contribution in [2.24, 2.45) is 44.3 Å². The lowest BCUT2D eigenvalue weighted by molar-refractivity contribution is -0.242. The fourth-order valence-electron chi connectivity index (χ4n) is 10.7. The molecule has 0 saturated heterocycles. The lowest BCUT2D eigenvalue weighted by Gasteiger charge is -2.71. The van der Waals surface area contributed by atoms with Crippen LogP contribution in [-0.2, 0) is 20.9 Å². The summed E-state index contributed by atoms with van der Waals surface area (Å²) in [7, 11) is 0. The van der Waals surface area contributed by atoms with Gasteiger partial charge in [-0.15, -0.1) is 0 Å². The van der Waals surface area contributed by atoms with Crippen LogP contribution in [0.25, 0.3) is 0 Å². The van der Waals surface area contributed by atoms with Crippen LogP contribution in [0.2, 0.25) is 0 Å². The third-order valence-electron chi connectivity index (χ3n) is 13.7. The highest BCUT2D eigenvalue weighted by Gasteiger charge is 2.75. The first-order valence-corrected chi connectivity index (χ1v) is 15.8. The van der Waals surface area contributed by atoms with E-state index in [9.17, 15) is 24.8 Å². The van der Waals surface area contributed by atoms with E-state index in [0.717, 1.165) is 31.3 Å². The first-order chi connectivity index (χ1) is 19.9. The van der Waals surface area contributed by atoms with Gasteiger partial charge < -0.3 is 14.9 Å². The van der Waals surface area contributed by atoms with Crippen LogP contribution in [0.4, 0.5) is 0 Å². The van der Waals surface area contributed by atoms with Gasteiger partial charge in [0.2, 0.25) is 5.91 Å². The molecule has 1 aromatic rings. The molecular formula is C35H45N3O5. The predicted octanol–water partition coefficient (Wildman–Crippen LogP) is 5.63. The molecule has 0 bridgehead atoms. The molecule has 1 amide bonds. The molecule has 8 heteroatoms. The van der Waals surface area contributed by atoms with Gasteiger partial charge in [0.05, 0.1) is 12.1 Å². The number of amides is 1. The monoisotopic (exact) mass is 587 g/mol. The number of ketones is 2. The molecule has 0 radical (unpaired) electrons. The molecule has 5 aliphatic rings. The van der Waals surface area contributed by atoms with Crippen LogP contribution in [0.3, 0.4) is 0 Å². The van der Waals surface area contributed by atoms with Crippen LogP contribution in [0, 0.1) is 55.7 Å². The Bertz CT molecular complexity index is 1520. The van der Waals surface area contributed by atoms with Crippen LogP contribution in [-0.4, -0.2) is 33.3 Å². The average molecular weight is 588 g/mol. The quantitative estimate of drug-likeness (QED) is 0.469. The highest BCUT2D eigenvalue weighted by molar-refractivity contribution is 6.05. The first kappa shape index (κ1) is 30.0. The largest absolute Gasteiger partial charge is 0.381 e. The third-order valence-corrected chi connectivity index (χ3v) is 13.7. The molecule has 1 aromatic heterocycles.